The van der Waals surface area contributed by atoms with Gasteiger partial charge in [-0.2, -0.15) is 5.26 Å². The van der Waals surface area contributed by atoms with Crippen molar-refractivity contribution >= 4 is 17.3 Å². The number of methoxy groups -OCH3 is 1. The topological polar surface area (TPSA) is 65.4 Å². The number of rotatable bonds is 6. The molecule has 0 atom stereocenters. The summed E-state index contributed by atoms with van der Waals surface area (Å²) in [6.45, 7) is 0. The molecule has 0 saturated heterocycles. The summed E-state index contributed by atoms with van der Waals surface area (Å²) < 4.78 is 5.11. The van der Waals surface area contributed by atoms with Crippen LogP contribution < -0.4 is 15.0 Å². The molecule has 1 N–H and O–H groups in total. The minimum atomic E-state index is -0.409. The molecule has 0 aliphatic heterocycles. The van der Waals surface area contributed by atoms with Crippen LogP contribution in [0.3, 0.4) is 0 Å². The molecule has 0 saturated carbocycles. The van der Waals surface area contributed by atoms with Crippen molar-refractivity contribution in [1.29, 1.82) is 5.26 Å². The number of anilines is 2. The molecule has 1 amide bonds. The molecular formula is C20H21N3O2. The summed E-state index contributed by atoms with van der Waals surface area (Å²) in [6, 6.07) is 16.9. The number of amides is 1. The molecule has 128 valence electrons. The molecule has 0 aromatic heterocycles. The standard InChI is InChI=1S/C20H21N3O2/c1-23(2)18-10-8-17(9-11-18)22-20(24)16(14-21)7-4-15-5-12-19(25-3)13-6-15/h5-13H,4H2,1-3H3,(H,22,24). The fourth-order valence-electron chi connectivity index (χ4n) is 2.21. The highest BCUT2D eigenvalue weighted by Crippen LogP contribution is 2.17. The number of carbonyl (C=O) groups is 1. The third kappa shape index (κ3) is 5.11. The molecule has 0 unspecified atom stereocenters. The van der Waals surface area contributed by atoms with Crippen molar-refractivity contribution in [2.24, 2.45) is 0 Å². The molecule has 0 spiro atoms. The summed E-state index contributed by atoms with van der Waals surface area (Å²) in [5, 5.41) is 12.0. The monoisotopic (exact) mass is 335 g/mol. The Hall–Kier alpha value is -3.26. The Morgan fingerprint density at radius 1 is 1.16 bits per heavy atom. The molecule has 0 fully saturated rings. The van der Waals surface area contributed by atoms with Gasteiger partial charge in [0.05, 0.1) is 7.11 Å². The first kappa shape index (κ1) is 18.1. The van der Waals surface area contributed by atoms with Crippen LogP contribution in [0.25, 0.3) is 0 Å². The first-order chi connectivity index (χ1) is 12.0. The van der Waals surface area contributed by atoms with Crippen molar-refractivity contribution < 1.29 is 9.53 Å². The van der Waals surface area contributed by atoms with Crippen LogP contribution in [0.2, 0.25) is 0 Å². The van der Waals surface area contributed by atoms with Gasteiger partial charge in [0, 0.05) is 25.5 Å². The molecule has 0 radical (unpaired) electrons. The number of nitrogens with one attached hydrogen (secondary N) is 1. The number of nitriles is 1. The maximum absolute atomic E-state index is 12.3. The minimum Gasteiger partial charge on any atom is -0.497 e. The van der Waals surface area contributed by atoms with E-state index in [0.717, 1.165) is 17.0 Å². The molecule has 2 aromatic rings. The number of benzene rings is 2. The highest BCUT2D eigenvalue weighted by molar-refractivity contribution is 6.06. The molecule has 0 aliphatic rings. The smallest absolute Gasteiger partial charge is 0.265 e. The highest BCUT2D eigenvalue weighted by Gasteiger charge is 2.09. The van der Waals surface area contributed by atoms with Gasteiger partial charge < -0.3 is 15.0 Å². The van der Waals surface area contributed by atoms with Gasteiger partial charge in [-0.05, 0) is 48.4 Å². The zero-order chi connectivity index (χ0) is 18.2. The van der Waals surface area contributed by atoms with Crippen LogP contribution in [0, 0.1) is 11.3 Å². The van der Waals surface area contributed by atoms with E-state index in [1.807, 2.05) is 73.6 Å². The zero-order valence-corrected chi connectivity index (χ0v) is 14.6. The van der Waals surface area contributed by atoms with Gasteiger partial charge in [0.2, 0.25) is 0 Å². The predicted molar refractivity (Wildman–Crippen MR) is 99.8 cm³/mol. The van der Waals surface area contributed by atoms with E-state index < -0.39 is 5.91 Å². The van der Waals surface area contributed by atoms with Crippen LogP contribution in [0.4, 0.5) is 11.4 Å². The van der Waals surface area contributed by atoms with E-state index in [-0.39, 0.29) is 5.57 Å². The Morgan fingerprint density at radius 2 is 1.80 bits per heavy atom. The van der Waals surface area contributed by atoms with E-state index in [1.54, 1.807) is 13.2 Å². The minimum absolute atomic E-state index is 0.0903. The van der Waals surface area contributed by atoms with Gasteiger partial charge in [0.1, 0.15) is 17.4 Å². The van der Waals surface area contributed by atoms with E-state index in [4.69, 9.17) is 4.74 Å². The zero-order valence-electron chi connectivity index (χ0n) is 14.6. The summed E-state index contributed by atoms with van der Waals surface area (Å²) in [5.41, 5.74) is 2.78. The SMILES string of the molecule is COc1ccc(CC=C(C#N)C(=O)Nc2ccc(N(C)C)cc2)cc1. The largest absolute Gasteiger partial charge is 0.497 e. The average molecular weight is 335 g/mol. The van der Waals surface area contributed by atoms with E-state index in [9.17, 15) is 10.1 Å². The van der Waals surface area contributed by atoms with Gasteiger partial charge >= 0.3 is 0 Å². The number of ether oxygens (including phenoxy) is 1. The second kappa shape index (κ2) is 8.55. The number of allylic oxidation sites excluding steroid dienone is 1. The van der Waals surface area contributed by atoms with Gasteiger partial charge in [-0.25, -0.2) is 0 Å². The van der Waals surface area contributed by atoms with Crippen molar-refractivity contribution in [3.8, 4) is 11.8 Å². The van der Waals surface area contributed by atoms with Crippen molar-refractivity contribution in [2.45, 2.75) is 6.42 Å². The lowest BCUT2D eigenvalue weighted by Crippen LogP contribution is -2.14. The Balaban J connectivity index is 2.03. The summed E-state index contributed by atoms with van der Waals surface area (Å²) in [5.74, 6) is 0.362. The Bertz CT molecular complexity index is 785. The van der Waals surface area contributed by atoms with Gasteiger partial charge in [0.15, 0.2) is 0 Å². The van der Waals surface area contributed by atoms with Crippen LogP contribution in [0.5, 0.6) is 5.75 Å². The van der Waals surface area contributed by atoms with Crippen LogP contribution in [-0.4, -0.2) is 27.1 Å². The molecule has 2 rings (SSSR count). The van der Waals surface area contributed by atoms with Gasteiger partial charge in [-0.15, -0.1) is 0 Å². The fraction of sp³-hybridized carbons (Fsp3) is 0.200. The van der Waals surface area contributed by atoms with E-state index in [0.29, 0.717) is 12.1 Å². The summed E-state index contributed by atoms with van der Waals surface area (Å²) in [6.07, 6.45) is 2.13. The average Bonchev–Trinajstić information content (AvgIpc) is 2.63. The second-order valence-corrected chi connectivity index (χ2v) is 5.68. The van der Waals surface area contributed by atoms with E-state index in [2.05, 4.69) is 5.32 Å². The number of nitrogens with zero attached hydrogens (tertiary/aromatic N) is 2. The van der Waals surface area contributed by atoms with Crippen molar-refractivity contribution in [3.05, 3.63) is 65.7 Å². The Labute approximate surface area is 148 Å². The fourth-order valence-corrected chi connectivity index (χ4v) is 2.21. The number of carbonyl (C=O) groups excluding carboxylic acids is 1. The maximum atomic E-state index is 12.3. The molecule has 5 heteroatoms. The third-order valence-corrected chi connectivity index (χ3v) is 3.71. The molecule has 0 bridgehead atoms. The molecule has 0 heterocycles. The molecule has 5 nitrogen and oxygen atoms in total. The number of hydrogen-bond acceptors (Lipinski definition) is 4. The van der Waals surface area contributed by atoms with Crippen molar-refractivity contribution in [3.63, 3.8) is 0 Å². The van der Waals surface area contributed by atoms with Crippen LogP contribution in [0.15, 0.2) is 60.2 Å². The van der Waals surface area contributed by atoms with Crippen LogP contribution in [-0.2, 0) is 11.2 Å². The summed E-state index contributed by atoms with van der Waals surface area (Å²) in [7, 11) is 5.50. The van der Waals surface area contributed by atoms with Gasteiger partial charge in [0.25, 0.3) is 5.91 Å². The molecule has 0 aliphatic carbocycles. The predicted octanol–water partition coefficient (Wildman–Crippen LogP) is 3.39. The lowest BCUT2D eigenvalue weighted by molar-refractivity contribution is -0.112. The van der Waals surface area contributed by atoms with E-state index in [1.165, 1.54) is 0 Å². The lowest BCUT2D eigenvalue weighted by atomic mass is 10.1. The van der Waals surface area contributed by atoms with Crippen molar-refractivity contribution in [2.75, 3.05) is 31.4 Å². The second-order valence-electron chi connectivity index (χ2n) is 5.68. The Kier molecular flexibility index (Phi) is 6.19. The summed E-state index contributed by atoms with van der Waals surface area (Å²) in [4.78, 5) is 14.2. The third-order valence-electron chi connectivity index (χ3n) is 3.71. The maximum Gasteiger partial charge on any atom is 0.265 e. The molecular weight excluding hydrogens is 314 g/mol. The first-order valence-corrected chi connectivity index (χ1v) is 7.85. The highest BCUT2D eigenvalue weighted by atomic mass is 16.5. The quantitative estimate of drug-likeness (QED) is 0.649. The summed E-state index contributed by atoms with van der Waals surface area (Å²) >= 11 is 0. The van der Waals surface area contributed by atoms with Crippen molar-refractivity contribution in [1.82, 2.24) is 0 Å². The van der Waals surface area contributed by atoms with Gasteiger partial charge in [-0.3, -0.25) is 4.79 Å². The number of hydrogen-bond donors (Lipinski definition) is 1. The van der Waals surface area contributed by atoms with Crippen LogP contribution >= 0.6 is 0 Å². The van der Waals surface area contributed by atoms with E-state index >= 15 is 0 Å². The Morgan fingerprint density at radius 3 is 2.32 bits per heavy atom. The first-order valence-electron chi connectivity index (χ1n) is 7.85. The lowest BCUT2D eigenvalue weighted by Gasteiger charge is -2.12. The van der Waals surface area contributed by atoms with Gasteiger partial charge in [-0.1, -0.05) is 18.2 Å². The normalized spacial score (nSPS) is 10.7. The molecule has 2 aromatic carbocycles. The molecule has 25 heavy (non-hydrogen) atoms. The van der Waals surface area contributed by atoms with Crippen LogP contribution in [0.1, 0.15) is 5.56 Å².